The number of nitrogens with two attached hydrogens (primary N) is 1. The summed E-state index contributed by atoms with van der Waals surface area (Å²) in [5, 5.41) is 0. The van der Waals surface area contributed by atoms with Crippen LogP contribution in [-0.2, 0) is 0 Å². The Bertz CT molecular complexity index is 275. The van der Waals surface area contributed by atoms with Gasteiger partial charge in [-0.15, -0.1) is 24.0 Å². The summed E-state index contributed by atoms with van der Waals surface area (Å²) < 4.78 is 37.5. The van der Waals surface area contributed by atoms with Gasteiger partial charge < -0.3 is 10.6 Å². The smallest absolute Gasteiger partial charge is 0.370 e. The minimum Gasteiger partial charge on any atom is -0.370 e. The van der Waals surface area contributed by atoms with Crippen molar-refractivity contribution in [2.24, 2.45) is 10.7 Å². The van der Waals surface area contributed by atoms with E-state index in [2.05, 4.69) is 4.99 Å². The molecule has 0 aliphatic carbocycles. The largest absolute Gasteiger partial charge is 0.403 e. The van der Waals surface area contributed by atoms with Crippen LogP contribution >= 0.6 is 24.0 Å². The quantitative estimate of drug-likeness (QED) is 0.449. The molecule has 1 rings (SSSR count). The molecule has 1 aliphatic rings. The Morgan fingerprint density at radius 1 is 1.28 bits per heavy atom. The molecule has 0 aromatic heterocycles. The fourth-order valence-electron chi connectivity index (χ4n) is 1.81. The molecule has 1 heterocycles. The molecule has 0 radical (unpaired) electrons. The molecule has 8 heteroatoms. The number of hydrogen-bond acceptors (Lipinski definition) is 2. The SMILES string of the molecule is CCN=C(N)N1CCN(C(C)C(F)(F)F)CC1.I. The van der Waals surface area contributed by atoms with E-state index in [1.165, 1.54) is 11.8 Å². The van der Waals surface area contributed by atoms with Gasteiger partial charge in [0, 0.05) is 32.7 Å². The van der Waals surface area contributed by atoms with Gasteiger partial charge in [-0.05, 0) is 13.8 Å². The second-order valence-corrected chi connectivity index (χ2v) is 4.07. The van der Waals surface area contributed by atoms with Crippen molar-refractivity contribution < 1.29 is 13.2 Å². The molecular weight excluding hydrogens is 360 g/mol. The summed E-state index contributed by atoms with van der Waals surface area (Å²) in [6.45, 7) is 5.37. The number of halogens is 4. The monoisotopic (exact) mass is 380 g/mol. The highest BCUT2D eigenvalue weighted by Crippen LogP contribution is 2.25. The zero-order valence-electron chi connectivity index (χ0n) is 10.6. The highest BCUT2D eigenvalue weighted by molar-refractivity contribution is 14.0. The first-order chi connectivity index (χ1) is 7.86. The van der Waals surface area contributed by atoms with Crippen molar-refractivity contribution in [3.63, 3.8) is 0 Å². The van der Waals surface area contributed by atoms with Crippen LogP contribution < -0.4 is 5.73 Å². The summed E-state index contributed by atoms with van der Waals surface area (Å²) in [5.74, 6) is 0.423. The van der Waals surface area contributed by atoms with Crippen molar-refractivity contribution in [3.8, 4) is 0 Å². The normalized spacial score (nSPS) is 20.5. The molecule has 1 fully saturated rings. The van der Waals surface area contributed by atoms with Gasteiger partial charge in [0.25, 0.3) is 0 Å². The molecule has 108 valence electrons. The summed E-state index contributed by atoms with van der Waals surface area (Å²) in [6, 6.07) is -1.39. The van der Waals surface area contributed by atoms with Crippen molar-refractivity contribution in [3.05, 3.63) is 0 Å². The third-order valence-electron chi connectivity index (χ3n) is 2.98. The van der Waals surface area contributed by atoms with Crippen LogP contribution in [0, 0.1) is 0 Å². The molecule has 2 N–H and O–H groups in total. The standard InChI is InChI=1S/C10H19F3N4.HI/c1-3-15-9(14)17-6-4-16(5-7-17)8(2)10(11,12)13;/h8H,3-7H2,1-2H3,(H2,14,15);1H. The Hall–Kier alpha value is -0.250. The molecule has 1 unspecified atom stereocenters. The molecule has 0 saturated carbocycles. The fraction of sp³-hybridized carbons (Fsp3) is 0.900. The van der Waals surface area contributed by atoms with Crippen molar-refractivity contribution in [1.29, 1.82) is 0 Å². The summed E-state index contributed by atoms with van der Waals surface area (Å²) in [5.41, 5.74) is 5.70. The maximum Gasteiger partial charge on any atom is 0.403 e. The zero-order chi connectivity index (χ0) is 13.1. The Kier molecular flexibility index (Phi) is 7.26. The van der Waals surface area contributed by atoms with E-state index in [9.17, 15) is 13.2 Å². The molecular formula is C10H20F3IN4. The number of hydrogen-bond donors (Lipinski definition) is 1. The predicted octanol–water partition coefficient (Wildman–Crippen LogP) is 1.51. The number of piperazine rings is 1. The topological polar surface area (TPSA) is 44.9 Å². The van der Waals surface area contributed by atoms with Gasteiger partial charge in [0.15, 0.2) is 5.96 Å². The molecule has 0 amide bonds. The average Bonchev–Trinajstić information content (AvgIpc) is 2.27. The lowest BCUT2D eigenvalue weighted by molar-refractivity contribution is -0.181. The molecule has 0 spiro atoms. The van der Waals surface area contributed by atoms with Crippen molar-refractivity contribution in [1.82, 2.24) is 9.80 Å². The lowest BCUT2D eigenvalue weighted by Crippen LogP contribution is -2.56. The molecule has 1 aliphatic heterocycles. The van der Waals surface area contributed by atoms with E-state index in [0.29, 0.717) is 38.7 Å². The van der Waals surface area contributed by atoms with E-state index in [0.717, 1.165) is 0 Å². The third kappa shape index (κ3) is 4.79. The first-order valence-corrected chi connectivity index (χ1v) is 5.72. The van der Waals surface area contributed by atoms with E-state index in [1.807, 2.05) is 11.8 Å². The van der Waals surface area contributed by atoms with Crippen molar-refractivity contribution in [2.45, 2.75) is 26.1 Å². The predicted molar refractivity (Wildman–Crippen MR) is 76.2 cm³/mol. The minimum absolute atomic E-state index is 0. The molecule has 18 heavy (non-hydrogen) atoms. The van der Waals surface area contributed by atoms with Gasteiger partial charge >= 0.3 is 6.18 Å². The number of alkyl halides is 3. The number of nitrogens with zero attached hydrogens (tertiary/aromatic N) is 3. The van der Waals surface area contributed by atoms with Crippen LogP contribution in [0.5, 0.6) is 0 Å². The van der Waals surface area contributed by atoms with Crippen LogP contribution in [0.15, 0.2) is 4.99 Å². The Balaban J connectivity index is 0.00000289. The zero-order valence-corrected chi connectivity index (χ0v) is 12.9. The van der Waals surface area contributed by atoms with Gasteiger partial charge in [-0.3, -0.25) is 9.89 Å². The maximum absolute atomic E-state index is 12.5. The van der Waals surface area contributed by atoms with Crippen LogP contribution in [0.25, 0.3) is 0 Å². The highest BCUT2D eigenvalue weighted by Gasteiger charge is 2.40. The summed E-state index contributed by atoms with van der Waals surface area (Å²) in [6.07, 6.45) is -4.16. The second-order valence-electron chi connectivity index (χ2n) is 4.07. The van der Waals surface area contributed by atoms with Crippen molar-refractivity contribution >= 4 is 29.9 Å². The minimum atomic E-state index is -4.16. The van der Waals surface area contributed by atoms with Crippen LogP contribution in [0.2, 0.25) is 0 Å². The van der Waals surface area contributed by atoms with Gasteiger partial charge in [0.2, 0.25) is 0 Å². The Labute approximate surface area is 122 Å². The van der Waals surface area contributed by atoms with E-state index >= 15 is 0 Å². The van der Waals surface area contributed by atoms with Crippen LogP contribution in [0.3, 0.4) is 0 Å². The number of rotatable bonds is 2. The van der Waals surface area contributed by atoms with E-state index in [-0.39, 0.29) is 24.0 Å². The van der Waals surface area contributed by atoms with Gasteiger partial charge in [-0.2, -0.15) is 13.2 Å². The summed E-state index contributed by atoms with van der Waals surface area (Å²) >= 11 is 0. The molecule has 4 nitrogen and oxygen atoms in total. The number of aliphatic imine (C=N–C) groups is 1. The second kappa shape index (κ2) is 7.37. The molecule has 1 saturated heterocycles. The third-order valence-corrected chi connectivity index (χ3v) is 2.98. The first kappa shape index (κ1) is 17.8. The Morgan fingerprint density at radius 3 is 2.17 bits per heavy atom. The summed E-state index contributed by atoms with van der Waals surface area (Å²) in [4.78, 5) is 7.30. The first-order valence-electron chi connectivity index (χ1n) is 5.72. The summed E-state index contributed by atoms with van der Waals surface area (Å²) in [7, 11) is 0. The van der Waals surface area contributed by atoms with Gasteiger partial charge in [0.1, 0.15) is 6.04 Å². The highest BCUT2D eigenvalue weighted by atomic mass is 127. The molecule has 0 aromatic carbocycles. The van der Waals surface area contributed by atoms with E-state index < -0.39 is 12.2 Å². The van der Waals surface area contributed by atoms with Crippen molar-refractivity contribution in [2.75, 3.05) is 32.7 Å². The van der Waals surface area contributed by atoms with Gasteiger partial charge in [-0.1, -0.05) is 0 Å². The van der Waals surface area contributed by atoms with E-state index in [4.69, 9.17) is 5.73 Å². The average molecular weight is 380 g/mol. The Morgan fingerprint density at radius 2 is 1.78 bits per heavy atom. The van der Waals surface area contributed by atoms with Gasteiger partial charge in [-0.25, -0.2) is 0 Å². The fourth-order valence-corrected chi connectivity index (χ4v) is 1.81. The lowest BCUT2D eigenvalue weighted by atomic mass is 10.2. The number of guanidine groups is 1. The molecule has 0 aromatic rings. The van der Waals surface area contributed by atoms with Gasteiger partial charge in [0.05, 0.1) is 0 Å². The van der Waals surface area contributed by atoms with Crippen LogP contribution in [0.4, 0.5) is 13.2 Å². The lowest BCUT2D eigenvalue weighted by Gasteiger charge is -2.38. The van der Waals surface area contributed by atoms with E-state index in [1.54, 1.807) is 0 Å². The molecule has 0 bridgehead atoms. The van der Waals surface area contributed by atoms with Crippen LogP contribution in [-0.4, -0.2) is 60.7 Å². The van der Waals surface area contributed by atoms with Crippen LogP contribution in [0.1, 0.15) is 13.8 Å². The maximum atomic E-state index is 12.5. The molecule has 1 atom stereocenters.